The van der Waals surface area contributed by atoms with Crippen LogP contribution in [0.2, 0.25) is 0 Å². The van der Waals surface area contributed by atoms with E-state index in [0.29, 0.717) is 11.3 Å². The molecule has 0 saturated carbocycles. The zero-order chi connectivity index (χ0) is 12.3. The average Bonchev–Trinajstić information content (AvgIpc) is 2.81. The fourth-order valence-electron chi connectivity index (χ4n) is 1.53. The molecule has 0 spiro atoms. The lowest BCUT2D eigenvalue weighted by Crippen LogP contribution is -2.10. The second kappa shape index (κ2) is 5.14. The normalized spacial score (nSPS) is 10.2. The number of carbonyl (C=O) groups excluding carboxylic acids is 1. The summed E-state index contributed by atoms with van der Waals surface area (Å²) in [6.07, 6.45) is 5.01. The molecule has 1 heterocycles. The van der Waals surface area contributed by atoms with Crippen LogP contribution in [-0.2, 0) is 6.54 Å². The summed E-state index contributed by atoms with van der Waals surface area (Å²) in [5, 5.41) is 0. The molecule has 2 aromatic rings. The van der Waals surface area contributed by atoms with Crippen molar-refractivity contribution in [3.8, 4) is 5.75 Å². The zero-order valence-electron chi connectivity index (χ0n) is 9.26. The SMILES string of the molecule is COc1ccc(Br)cc1C(=O)Cn1ccnc1. The van der Waals surface area contributed by atoms with Gasteiger partial charge < -0.3 is 9.30 Å². The number of rotatable bonds is 4. The second-order valence-corrected chi connectivity index (χ2v) is 4.42. The Kier molecular flexibility index (Phi) is 3.58. The summed E-state index contributed by atoms with van der Waals surface area (Å²) in [6, 6.07) is 5.37. The Balaban J connectivity index is 2.26. The van der Waals surface area contributed by atoms with Crippen LogP contribution in [0.15, 0.2) is 41.4 Å². The molecule has 0 N–H and O–H groups in total. The molecule has 0 aliphatic carbocycles. The molecule has 1 aromatic carbocycles. The first kappa shape index (κ1) is 11.9. The average molecular weight is 295 g/mol. The van der Waals surface area contributed by atoms with E-state index in [1.807, 2.05) is 6.07 Å². The number of methoxy groups -OCH3 is 1. The summed E-state index contributed by atoms with van der Waals surface area (Å²) in [7, 11) is 1.55. The van der Waals surface area contributed by atoms with Crippen molar-refractivity contribution in [1.82, 2.24) is 9.55 Å². The van der Waals surface area contributed by atoms with Crippen LogP contribution < -0.4 is 4.74 Å². The molecule has 88 valence electrons. The number of hydrogen-bond donors (Lipinski definition) is 0. The minimum absolute atomic E-state index is 0.0128. The van der Waals surface area contributed by atoms with Crippen LogP contribution in [0.5, 0.6) is 5.75 Å². The van der Waals surface area contributed by atoms with Crippen LogP contribution in [0.3, 0.4) is 0 Å². The predicted octanol–water partition coefficient (Wildman–Crippen LogP) is 2.54. The van der Waals surface area contributed by atoms with Gasteiger partial charge in [-0.2, -0.15) is 0 Å². The van der Waals surface area contributed by atoms with E-state index in [1.165, 1.54) is 0 Å². The Bertz CT molecular complexity index is 523. The van der Waals surface area contributed by atoms with Gasteiger partial charge in [-0.05, 0) is 18.2 Å². The highest BCUT2D eigenvalue weighted by molar-refractivity contribution is 9.10. The molecule has 0 fully saturated rings. The maximum atomic E-state index is 12.1. The van der Waals surface area contributed by atoms with Crippen molar-refractivity contribution in [2.24, 2.45) is 0 Å². The van der Waals surface area contributed by atoms with Gasteiger partial charge in [-0.15, -0.1) is 0 Å². The Labute approximate surface area is 107 Å². The number of Topliss-reactive ketones (excluding diaryl/α,β-unsaturated/α-hetero) is 1. The minimum Gasteiger partial charge on any atom is -0.496 e. The number of hydrogen-bond acceptors (Lipinski definition) is 3. The molecule has 0 unspecified atom stereocenters. The van der Waals surface area contributed by atoms with Gasteiger partial charge in [0.1, 0.15) is 5.75 Å². The van der Waals surface area contributed by atoms with Crippen LogP contribution in [0, 0.1) is 0 Å². The Morgan fingerprint density at radius 1 is 1.53 bits per heavy atom. The van der Waals surface area contributed by atoms with Gasteiger partial charge in [0.15, 0.2) is 5.78 Å². The van der Waals surface area contributed by atoms with Gasteiger partial charge in [0.2, 0.25) is 0 Å². The number of nitrogens with zero attached hydrogens (tertiary/aromatic N) is 2. The highest BCUT2D eigenvalue weighted by Gasteiger charge is 2.13. The Morgan fingerprint density at radius 2 is 2.35 bits per heavy atom. The summed E-state index contributed by atoms with van der Waals surface area (Å²) in [6.45, 7) is 0.257. The van der Waals surface area contributed by atoms with Gasteiger partial charge in [-0.1, -0.05) is 15.9 Å². The molecule has 5 heteroatoms. The minimum atomic E-state index is -0.0128. The number of ketones is 1. The maximum Gasteiger partial charge on any atom is 0.186 e. The van der Waals surface area contributed by atoms with Crippen molar-refractivity contribution < 1.29 is 9.53 Å². The number of imidazole rings is 1. The third-order valence-corrected chi connectivity index (χ3v) is 2.84. The molecule has 2 rings (SSSR count). The lowest BCUT2D eigenvalue weighted by Gasteiger charge is -2.08. The van der Waals surface area contributed by atoms with E-state index in [-0.39, 0.29) is 12.3 Å². The van der Waals surface area contributed by atoms with Crippen LogP contribution >= 0.6 is 15.9 Å². The van der Waals surface area contributed by atoms with Gasteiger partial charge in [-0.25, -0.2) is 4.98 Å². The number of carbonyl (C=O) groups is 1. The molecule has 17 heavy (non-hydrogen) atoms. The number of aromatic nitrogens is 2. The highest BCUT2D eigenvalue weighted by Crippen LogP contribution is 2.23. The van der Waals surface area contributed by atoms with Crippen molar-refractivity contribution in [1.29, 1.82) is 0 Å². The number of ether oxygens (including phenoxy) is 1. The Morgan fingerprint density at radius 3 is 3.00 bits per heavy atom. The maximum absolute atomic E-state index is 12.1. The molecule has 1 aromatic heterocycles. The third-order valence-electron chi connectivity index (χ3n) is 2.35. The van der Waals surface area contributed by atoms with Crippen LogP contribution in [0.25, 0.3) is 0 Å². The quantitative estimate of drug-likeness (QED) is 0.814. The largest absolute Gasteiger partial charge is 0.496 e. The molecular formula is C12H11BrN2O2. The standard InChI is InChI=1S/C12H11BrN2O2/c1-17-12-3-2-9(13)6-10(12)11(16)7-15-5-4-14-8-15/h2-6,8H,7H2,1H3. The van der Waals surface area contributed by atoms with E-state index in [1.54, 1.807) is 42.5 Å². The van der Waals surface area contributed by atoms with Crippen molar-refractivity contribution in [3.63, 3.8) is 0 Å². The first-order valence-electron chi connectivity index (χ1n) is 5.03. The molecule has 0 bridgehead atoms. The molecule has 0 saturated heterocycles. The topological polar surface area (TPSA) is 44.1 Å². The third kappa shape index (κ3) is 2.74. The van der Waals surface area contributed by atoms with Crippen molar-refractivity contribution in [2.45, 2.75) is 6.54 Å². The van der Waals surface area contributed by atoms with Gasteiger partial charge in [0, 0.05) is 16.9 Å². The molecule has 0 radical (unpaired) electrons. The van der Waals surface area contributed by atoms with Crippen LogP contribution in [0.4, 0.5) is 0 Å². The van der Waals surface area contributed by atoms with Crippen LogP contribution in [-0.4, -0.2) is 22.4 Å². The van der Waals surface area contributed by atoms with Crippen LogP contribution in [0.1, 0.15) is 10.4 Å². The summed E-state index contributed by atoms with van der Waals surface area (Å²) < 4.78 is 7.75. The van der Waals surface area contributed by atoms with Gasteiger partial charge in [0.05, 0.1) is 25.5 Å². The first-order chi connectivity index (χ1) is 8.20. The van der Waals surface area contributed by atoms with Gasteiger partial charge >= 0.3 is 0 Å². The molecular weight excluding hydrogens is 284 g/mol. The van der Waals surface area contributed by atoms with E-state index in [0.717, 1.165) is 4.47 Å². The van der Waals surface area contributed by atoms with Gasteiger partial charge in [0.25, 0.3) is 0 Å². The van der Waals surface area contributed by atoms with E-state index in [4.69, 9.17) is 4.74 Å². The summed E-state index contributed by atoms with van der Waals surface area (Å²) >= 11 is 3.34. The van der Waals surface area contributed by atoms with Gasteiger partial charge in [-0.3, -0.25) is 4.79 Å². The smallest absolute Gasteiger partial charge is 0.186 e. The fourth-order valence-corrected chi connectivity index (χ4v) is 1.89. The monoisotopic (exact) mass is 294 g/mol. The summed E-state index contributed by atoms with van der Waals surface area (Å²) in [5.74, 6) is 0.569. The zero-order valence-corrected chi connectivity index (χ0v) is 10.8. The summed E-state index contributed by atoms with van der Waals surface area (Å²) in [4.78, 5) is 16.0. The lowest BCUT2D eigenvalue weighted by molar-refractivity contribution is 0.0969. The van der Waals surface area contributed by atoms with E-state index < -0.39 is 0 Å². The fraction of sp³-hybridized carbons (Fsp3) is 0.167. The number of halogens is 1. The predicted molar refractivity (Wildman–Crippen MR) is 67.3 cm³/mol. The molecule has 0 amide bonds. The van der Waals surface area contributed by atoms with Crippen molar-refractivity contribution >= 4 is 21.7 Å². The molecule has 4 nitrogen and oxygen atoms in total. The molecule has 0 atom stereocenters. The number of benzene rings is 1. The summed E-state index contributed by atoms with van der Waals surface area (Å²) in [5.41, 5.74) is 0.565. The van der Waals surface area contributed by atoms with Crippen molar-refractivity contribution in [2.75, 3.05) is 7.11 Å². The first-order valence-corrected chi connectivity index (χ1v) is 5.82. The Hall–Kier alpha value is -1.62. The van der Waals surface area contributed by atoms with Crippen molar-refractivity contribution in [3.05, 3.63) is 47.0 Å². The van der Waals surface area contributed by atoms with E-state index in [2.05, 4.69) is 20.9 Å². The molecule has 0 aliphatic rings. The molecule has 0 aliphatic heterocycles. The second-order valence-electron chi connectivity index (χ2n) is 3.50. The highest BCUT2D eigenvalue weighted by atomic mass is 79.9. The van der Waals surface area contributed by atoms with E-state index in [9.17, 15) is 4.79 Å². The lowest BCUT2D eigenvalue weighted by atomic mass is 10.1. The van der Waals surface area contributed by atoms with E-state index >= 15 is 0 Å².